The van der Waals surface area contributed by atoms with Crippen molar-refractivity contribution in [1.29, 1.82) is 0 Å². The minimum atomic E-state index is -0.828. The van der Waals surface area contributed by atoms with Gasteiger partial charge in [0.1, 0.15) is 5.54 Å². The van der Waals surface area contributed by atoms with Gasteiger partial charge in [0.05, 0.1) is 25.7 Å². The normalized spacial score (nSPS) is 23.2. The van der Waals surface area contributed by atoms with Gasteiger partial charge in [0.15, 0.2) is 0 Å². The molecule has 2 aromatic rings. The molecule has 0 saturated carbocycles. The van der Waals surface area contributed by atoms with Crippen LogP contribution in [0.3, 0.4) is 0 Å². The first-order valence-electron chi connectivity index (χ1n) is 11.9. The second kappa shape index (κ2) is 9.15. The topological polar surface area (TPSA) is 65.1 Å². The van der Waals surface area contributed by atoms with E-state index in [1.54, 1.807) is 0 Å². The number of piperidine rings is 1. The quantitative estimate of drug-likeness (QED) is 0.713. The number of carbonyl (C=O) groups excluding carboxylic acids is 2. The Morgan fingerprint density at radius 3 is 2.27 bits per heavy atom. The minimum absolute atomic E-state index is 0.0449. The molecule has 7 heteroatoms. The second-order valence-corrected chi connectivity index (χ2v) is 9.33. The summed E-state index contributed by atoms with van der Waals surface area (Å²) in [6.07, 6.45) is 1.73. The molecule has 0 radical (unpaired) electrons. The van der Waals surface area contributed by atoms with Gasteiger partial charge in [0.25, 0.3) is 0 Å². The summed E-state index contributed by atoms with van der Waals surface area (Å²) in [5.74, 6) is -0.0186. The molecule has 3 aliphatic rings. The zero-order chi connectivity index (χ0) is 22.8. The second-order valence-electron chi connectivity index (χ2n) is 9.33. The van der Waals surface area contributed by atoms with Crippen molar-refractivity contribution in [2.45, 2.75) is 30.8 Å². The van der Waals surface area contributed by atoms with Gasteiger partial charge in [-0.05, 0) is 49.7 Å². The number of anilines is 2. The van der Waals surface area contributed by atoms with Crippen LogP contribution in [0.25, 0.3) is 0 Å². The number of ether oxygens (including phenoxy) is 1. The molecule has 5 rings (SSSR count). The average Bonchev–Trinajstić information content (AvgIpc) is 2.85. The molecule has 0 spiro atoms. The van der Waals surface area contributed by atoms with E-state index in [1.807, 2.05) is 47.4 Å². The molecule has 0 aromatic heterocycles. The fourth-order valence-corrected chi connectivity index (χ4v) is 5.29. The Labute approximate surface area is 195 Å². The van der Waals surface area contributed by atoms with Crippen molar-refractivity contribution in [1.82, 2.24) is 9.80 Å². The van der Waals surface area contributed by atoms with Crippen molar-refractivity contribution in [3.8, 4) is 0 Å². The smallest absolute Gasteiger partial charge is 0.250 e. The standard InChI is InChI=1S/C26H32N4O3/c1-28-13-11-26(12-14-28,30-23(19-24(30)31)20-5-3-2-4-6-20)25(32)27-21-7-9-22(10-8-21)29-15-17-33-18-16-29/h2-10,23H,11-19H2,1H3,(H,27,32). The van der Waals surface area contributed by atoms with Crippen molar-refractivity contribution in [2.24, 2.45) is 0 Å². The van der Waals surface area contributed by atoms with Gasteiger partial charge >= 0.3 is 0 Å². The van der Waals surface area contributed by atoms with E-state index in [-0.39, 0.29) is 17.9 Å². The highest BCUT2D eigenvalue weighted by atomic mass is 16.5. The first-order chi connectivity index (χ1) is 16.1. The molecule has 33 heavy (non-hydrogen) atoms. The summed E-state index contributed by atoms with van der Waals surface area (Å²) in [6, 6.07) is 18.0. The predicted octanol–water partition coefficient (Wildman–Crippen LogP) is 2.90. The number of β-lactam (4-membered cyclic amide) rings is 1. The van der Waals surface area contributed by atoms with Gasteiger partial charge in [-0.25, -0.2) is 0 Å². The number of nitrogens with one attached hydrogen (secondary N) is 1. The van der Waals surface area contributed by atoms with Crippen LogP contribution in [0.15, 0.2) is 54.6 Å². The number of hydrogen-bond acceptors (Lipinski definition) is 5. The van der Waals surface area contributed by atoms with Gasteiger partial charge in [-0.3, -0.25) is 9.59 Å². The van der Waals surface area contributed by atoms with E-state index in [0.29, 0.717) is 19.3 Å². The molecule has 1 unspecified atom stereocenters. The van der Waals surface area contributed by atoms with Crippen LogP contribution in [0.2, 0.25) is 0 Å². The van der Waals surface area contributed by atoms with Crippen LogP contribution in [0, 0.1) is 0 Å². The molecular weight excluding hydrogens is 416 g/mol. The predicted molar refractivity (Wildman–Crippen MR) is 128 cm³/mol. The molecule has 174 valence electrons. The number of carbonyl (C=O) groups is 2. The van der Waals surface area contributed by atoms with Crippen molar-refractivity contribution in [3.05, 3.63) is 60.2 Å². The SMILES string of the molecule is CN1CCC(C(=O)Nc2ccc(N3CCOCC3)cc2)(N2C(=O)CC2c2ccccc2)CC1. The Morgan fingerprint density at radius 2 is 1.64 bits per heavy atom. The molecule has 7 nitrogen and oxygen atoms in total. The van der Waals surface area contributed by atoms with E-state index in [9.17, 15) is 9.59 Å². The number of rotatable bonds is 5. The van der Waals surface area contributed by atoms with E-state index in [4.69, 9.17) is 4.74 Å². The highest BCUT2D eigenvalue weighted by Crippen LogP contribution is 2.45. The summed E-state index contributed by atoms with van der Waals surface area (Å²) in [6.45, 7) is 4.80. The Hall–Kier alpha value is -2.90. The first-order valence-corrected chi connectivity index (χ1v) is 11.9. The maximum absolute atomic E-state index is 13.8. The number of nitrogens with zero attached hydrogens (tertiary/aromatic N) is 3. The summed E-state index contributed by atoms with van der Waals surface area (Å²) in [4.78, 5) is 33.1. The average molecular weight is 449 g/mol. The lowest BCUT2D eigenvalue weighted by atomic mass is 9.78. The van der Waals surface area contributed by atoms with Gasteiger partial charge < -0.3 is 24.8 Å². The first kappa shape index (κ1) is 21.9. The van der Waals surface area contributed by atoms with E-state index in [2.05, 4.69) is 34.3 Å². The molecule has 1 N–H and O–H groups in total. The molecule has 3 heterocycles. The third-order valence-electron chi connectivity index (χ3n) is 7.33. The van der Waals surface area contributed by atoms with Crippen molar-refractivity contribution < 1.29 is 14.3 Å². The van der Waals surface area contributed by atoms with Crippen molar-refractivity contribution >= 4 is 23.2 Å². The molecule has 0 bridgehead atoms. The van der Waals surface area contributed by atoms with Crippen LogP contribution < -0.4 is 10.2 Å². The van der Waals surface area contributed by atoms with E-state index in [1.165, 1.54) is 0 Å². The molecule has 2 amide bonds. The lowest BCUT2D eigenvalue weighted by molar-refractivity contribution is -0.167. The number of benzene rings is 2. The number of hydrogen-bond donors (Lipinski definition) is 1. The van der Waals surface area contributed by atoms with Crippen LogP contribution in [0.4, 0.5) is 11.4 Å². The Kier molecular flexibility index (Phi) is 6.08. The maximum Gasteiger partial charge on any atom is 0.250 e. The summed E-state index contributed by atoms with van der Waals surface area (Å²) in [7, 11) is 2.07. The van der Waals surface area contributed by atoms with E-state index in [0.717, 1.165) is 56.3 Å². The third kappa shape index (κ3) is 4.23. The van der Waals surface area contributed by atoms with Gasteiger partial charge in [0, 0.05) is 37.6 Å². The summed E-state index contributed by atoms with van der Waals surface area (Å²) in [5.41, 5.74) is 2.16. The van der Waals surface area contributed by atoms with Crippen LogP contribution in [-0.2, 0) is 14.3 Å². The Bertz CT molecular complexity index is 980. The number of amides is 2. The Balaban J connectivity index is 1.37. The van der Waals surface area contributed by atoms with Gasteiger partial charge in [-0.15, -0.1) is 0 Å². The molecule has 1 atom stereocenters. The van der Waals surface area contributed by atoms with Gasteiger partial charge in [-0.2, -0.15) is 0 Å². The molecule has 0 aliphatic carbocycles. The van der Waals surface area contributed by atoms with Crippen LogP contribution in [0.1, 0.15) is 30.9 Å². The van der Waals surface area contributed by atoms with E-state index < -0.39 is 5.54 Å². The molecule has 3 aliphatic heterocycles. The third-order valence-corrected chi connectivity index (χ3v) is 7.33. The lowest BCUT2D eigenvalue weighted by Gasteiger charge is -2.54. The van der Waals surface area contributed by atoms with Crippen molar-refractivity contribution in [3.63, 3.8) is 0 Å². The number of likely N-dealkylation sites (tertiary alicyclic amines) is 2. The minimum Gasteiger partial charge on any atom is -0.378 e. The van der Waals surface area contributed by atoms with Crippen LogP contribution in [0.5, 0.6) is 0 Å². The largest absolute Gasteiger partial charge is 0.378 e. The number of morpholine rings is 1. The molecule has 3 saturated heterocycles. The van der Waals surface area contributed by atoms with Gasteiger partial charge in [0.2, 0.25) is 11.8 Å². The van der Waals surface area contributed by atoms with E-state index >= 15 is 0 Å². The molecule has 2 aromatic carbocycles. The zero-order valence-corrected chi connectivity index (χ0v) is 19.2. The lowest BCUT2D eigenvalue weighted by Crippen LogP contribution is -2.68. The summed E-state index contributed by atoms with van der Waals surface area (Å²) < 4.78 is 5.44. The van der Waals surface area contributed by atoms with Gasteiger partial charge in [-0.1, -0.05) is 30.3 Å². The molecule has 3 fully saturated rings. The summed E-state index contributed by atoms with van der Waals surface area (Å²) >= 11 is 0. The van der Waals surface area contributed by atoms with Crippen LogP contribution in [-0.4, -0.2) is 73.6 Å². The van der Waals surface area contributed by atoms with Crippen LogP contribution >= 0.6 is 0 Å². The highest BCUT2D eigenvalue weighted by Gasteiger charge is 2.55. The fourth-order valence-electron chi connectivity index (χ4n) is 5.29. The molecular formula is C26H32N4O3. The fraction of sp³-hybridized carbons (Fsp3) is 0.462. The monoisotopic (exact) mass is 448 g/mol. The van der Waals surface area contributed by atoms with Crippen molar-refractivity contribution in [2.75, 3.05) is 56.7 Å². The Morgan fingerprint density at radius 1 is 0.970 bits per heavy atom. The summed E-state index contributed by atoms with van der Waals surface area (Å²) in [5, 5.41) is 3.14. The highest BCUT2D eigenvalue weighted by molar-refractivity contribution is 6.02. The zero-order valence-electron chi connectivity index (χ0n) is 19.2. The maximum atomic E-state index is 13.8.